The predicted octanol–water partition coefficient (Wildman–Crippen LogP) is 5.99. The highest BCUT2D eigenvalue weighted by atomic mass is 32.1. The minimum atomic E-state index is -0.193. The molecule has 0 bridgehead atoms. The molecule has 0 unspecified atom stereocenters. The SMILES string of the molecule is Cc1sc2ccccc2c1-c1c(-c2c(CO)sc3ccccc23)c(O)n(CC#N)c1O. The lowest BCUT2D eigenvalue weighted by atomic mass is 9.94. The van der Waals surface area contributed by atoms with E-state index in [0.29, 0.717) is 21.6 Å². The van der Waals surface area contributed by atoms with E-state index in [1.807, 2.05) is 61.5 Å². The van der Waals surface area contributed by atoms with Gasteiger partial charge in [0.1, 0.15) is 6.54 Å². The summed E-state index contributed by atoms with van der Waals surface area (Å²) in [6.45, 7) is 1.60. The van der Waals surface area contributed by atoms with Gasteiger partial charge in [-0.1, -0.05) is 36.4 Å². The van der Waals surface area contributed by atoms with Crippen molar-refractivity contribution >= 4 is 42.8 Å². The van der Waals surface area contributed by atoms with Crippen molar-refractivity contribution in [3.05, 3.63) is 58.3 Å². The highest BCUT2D eigenvalue weighted by Crippen LogP contribution is 2.54. The maximum absolute atomic E-state index is 11.2. The number of aliphatic hydroxyl groups excluding tert-OH is 1. The first-order valence-corrected chi connectivity index (χ1v) is 11.3. The Hall–Kier alpha value is -3.31. The van der Waals surface area contributed by atoms with Gasteiger partial charge in [0, 0.05) is 41.1 Å². The van der Waals surface area contributed by atoms with Crippen molar-refractivity contribution in [2.45, 2.75) is 20.1 Å². The number of aryl methyl sites for hydroxylation is 1. The smallest absolute Gasteiger partial charge is 0.203 e. The molecule has 0 radical (unpaired) electrons. The molecule has 7 heteroatoms. The van der Waals surface area contributed by atoms with E-state index >= 15 is 0 Å². The first-order chi connectivity index (χ1) is 15.1. The second kappa shape index (κ2) is 7.43. The van der Waals surface area contributed by atoms with Crippen molar-refractivity contribution in [2.75, 3.05) is 0 Å². The topological polar surface area (TPSA) is 89.4 Å². The fourth-order valence-corrected chi connectivity index (χ4v) is 6.39. The largest absolute Gasteiger partial charge is 0.494 e. The molecule has 5 aromatic rings. The van der Waals surface area contributed by atoms with Crippen molar-refractivity contribution in [3.63, 3.8) is 0 Å². The Morgan fingerprint density at radius 1 is 0.839 bits per heavy atom. The van der Waals surface area contributed by atoms with E-state index in [2.05, 4.69) is 0 Å². The van der Waals surface area contributed by atoms with Crippen LogP contribution in [0, 0.1) is 18.3 Å². The maximum atomic E-state index is 11.2. The quantitative estimate of drug-likeness (QED) is 0.316. The molecule has 0 saturated carbocycles. The van der Waals surface area contributed by atoms with Gasteiger partial charge in [0.15, 0.2) is 0 Å². The lowest BCUT2D eigenvalue weighted by Gasteiger charge is -2.08. The van der Waals surface area contributed by atoms with Gasteiger partial charge < -0.3 is 15.3 Å². The molecule has 0 atom stereocenters. The number of thiophene rings is 2. The number of nitriles is 1. The molecule has 0 saturated heterocycles. The third-order valence-electron chi connectivity index (χ3n) is 5.52. The second-order valence-electron chi connectivity index (χ2n) is 7.23. The average molecular weight is 447 g/mol. The van der Waals surface area contributed by atoms with E-state index in [1.54, 1.807) is 11.3 Å². The van der Waals surface area contributed by atoms with Gasteiger partial charge in [-0.2, -0.15) is 5.26 Å². The summed E-state index contributed by atoms with van der Waals surface area (Å²) in [4.78, 5) is 1.70. The van der Waals surface area contributed by atoms with Crippen LogP contribution >= 0.6 is 22.7 Å². The second-order valence-corrected chi connectivity index (χ2v) is 9.62. The van der Waals surface area contributed by atoms with E-state index in [4.69, 9.17) is 0 Å². The summed E-state index contributed by atoms with van der Waals surface area (Å²) in [5.41, 5.74) is 2.46. The third kappa shape index (κ3) is 2.84. The van der Waals surface area contributed by atoms with E-state index in [0.717, 1.165) is 30.6 Å². The van der Waals surface area contributed by atoms with Crippen molar-refractivity contribution in [1.82, 2.24) is 4.57 Å². The van der Waals surface area contributed by atoms with Crippen LogP contribution in [0.4, 0.5) is 0 Å². The van der Waals surface area contributed by atoms with Gasteiger partial charge in [-0.15, -0.1) is 22.7 Å². The van der Waals surface area contributed by atoms with Crippen LogP contribution < -0.4 is 0 Å². The first kappa shape index (κ1) is 19.6. The van der Waals surface area contributed by atoms with Crippen LogP contribution in [0.1, 0.15) is 9.75 Å². The van der Waals surface area contributed by atoms with E-state index in [-0.39, 0.29) is 24.9 Å². The summed E-state index contributed by atoms with van der Waals surface area (Å²) in [5.74, 6) is -0.332. The lowest BCUT2D eigenvalue weighted by Crippen LogP contribution is -1.93. The van der Waals surface area contributed by atoms with E-state index in [1.165, 1.54) is 15.9 Å². The van der Waals surface area contributed by atoms with Crippen LogP contribution in [0.25, 0.3) is 42.4 Å². The summed E-state index contributed by atoms with van der Waals surface area (Å²) >= 11 is 3.07. The summed E-state index contributed by atoms with van der Waals surface area (Å²) in [6.07, 6.45) is 0. The molecule has 0 aliphatic heterocycles. The Kier molecular flexibility index (Phi) is 4.71. The number of aliphatic hydroxyl groups is 1. The predicted molar refractivity (Wildman–Crippen MR) is 126 cm³/mol. The third-order valence-corrected chi connectivity index (χ3v) is 7.76. The molecule has 154 valence electrons. The lowest BCUT2D eigenvalue weighted by molar-refractivity contribution is 0.286. The number of fused-ring (bicyclic) bond motifs is 2. The number of aromatic hydroxyl groups is 2. The number of rotatable bonds is 4. The monoisotopic (exact) mass is 446 g/mol. The van der Waals surface area contributed by atoms with Crippen molar-refractivity contribution in [1.29, 1.82) is 5.26 Å². The van der Waals surface area contributed by atoms with Gasteiger partial charge in [0.2, 0.25) is 11.8 Å². The minimum absolute atomic E-state index is 0.153. The van der Waals surface area contributed by atoms with E-state index < -0.39 is 0 Å². The molecule has 3 aromatic heterocycles. The van der Waals surface area contributed by atoms with Crippen LogP contribution in [-0.4, -0.2) is 19.9 Å². The molecule has 0 aliphatic rings. The van der Waals surface area contributed by atoms with Gasteiger partial charge in [0.05, 0.1) is 23.8 Å². The number of hydrogen-bond donors (Lipinski definition) is 3. The summed E-state index contributed by atoms with van der Waals surface area (Å²) in [7, 11) is 0. The zero-order chi connectivity index (χ0) is 21.7. The Morgan fingerprint density at radius 3 is 2.00 bits per heavy atom. The Morgan fingerprint density at radius 2 is 1.39 bits per heavy atom. The molecule has 2 aromatic carbocycles. The van der Waals surface area contributed by atoms with Gasteiger partial charge in [-0.05, 0) is 19.1 Å². The normalized spacial score (nSPS) is 11.4. The van der Waals surface area contributed by atoms with Gasteiger partial charge in [-0.3, -0.25) is 4.57 Å². The summed E-state index contributed by atoms with van der Waals surface area (Å²) in [6, 6.07) is 17.7. The van der Waals surface area contributed by atoms with Crippen LogP contribution in [0.2, 0.25) is 0 Å². The molecule has 0 spiro atoms. The molecule has 0 aliphatic carbocycles. The van der Waals surface area contributed by atoms with Crippen LogP contribution in [0.3, 0.4) is 0 Å². The fourth-order valence-electron chi connectivity index (χ4n) is 4.25. The molecule has 0 amide bonds. The van der Waals surface area contributed by atoms with Crippen LogP contribution in [-0.2, 0) is 13.2 Å². The molecule has 5 nitrogen and oxygen atoms in total. The molecule has 0 fully saturated rings. The maximum Gasteiger partial charge on any atom is 0.203 e. The zero-order valence-corrected chi connectivity index (χ0v) is 18.2. The number of hydrogen-bond acceptors (Lipinski definition) is 6. The highest BCUT2D eigenvalue weighted by Gasteiger charge is 2.30. The highest BCUT2D eigenvalue weighted by molar-refractivity contribution is 7.20. The van der Waals surface area contributed by atoms with Gasteiger partial charge in [-0.25, -0.2) is 0 Å². The Labute approximate surface area is 186 Å². The molecule has 31 heavy (non-hydrogen) atoms. The molecule has 5 rings (SSSR count). The van der Waals surface area contributed by atoms with Crippen LogP contribution in [0.15, 0.2) is 48.5 Å². The summed E-state index contributed by atoms with van der Waals surface area (Å²) in [5, 5.41) is 43.7. The molecule has 3 N–H and O–H groups in total. The fraction of sp³-hybridized carbons (Fsp3) is 0.125. The average Bonchev–Trinajstić information content (AvgIpc) is 3.38. The number of aromatic nitrogens is 1. The van der Waals surface area contributed by atoms with Crippen LogP contribution in [0.5, 0.6) is 11.8 Å². The summed E-state index contributed by atoms with van der Waals surface area (Å²) < 4.78 is 3.28. The standard InChI is InChI=1S/C24H18N2O3S2/c1-13-19(14-6-2-4-8-16(14)30-13)21-22(24(29)26(11-10-25)23(21)28)20-15-7-3-5-9-17(15)31-18(20)12-27/h2-9,27-29H,11-12H2,1H3. The number of nitrogens with zero attached hydrogens (tertiary/aromatic N) is 2. The van der Waals surface area contributed by atoms with Crippen molar-refractivity contribution in [3.8, 4) is 40.1 Å². The molecular formula is C24H18N2O3S2. The zero-order valence-electron chi connectivity index (χ0n) is 16.6. The van der Waals surface area contributed by atoms with Crippen molar-refractivity contribution in [2.24, 2.45) is 0 Å². The number of benzene rings is 2. The molecular weight excluding hydrogens is 428 g/mol. The molecule has 3 heterocycles. The Bertz CT molecular complexity index is 1500. The van der Waals surface area contributed by atoms with Gasteiger partial charge in [0.25, 0.3) is 0 Å². The van der Waals surface area contributed by atoms with Gasteiger partial charge >= 0.3 is 0 Å². The first-order valence-electron chi connectivity index (χ1n) is 9.68. The Balaban J connectivity index is 1.96. The van der Waals surface area contributed by atoms with Crippen molar-refractivity contribution < 1.29 is 15.3 Å². The minimum Gasteiger partial charge on any atom is -0.494 e. The van der Waals surface area contributed by atoms with E-state index in [9.17, 15) is 20.6 Å².